The smallest absolute Gasteiger partial charge is 0.352 e. The first-order chi connectivity index (χ1) is 29.0. The Hall–Kier alpha value is -5.86. The third kappa shape index (κ3) is 10.2. The lowest BCUT2D eigenvalue weighted by molar-refractivity contribution is -0.150. The van der Waals surface area contributed by atoms with Crippen LogP contribution in [0.2, 0.25) is 0 Å². The molecule has 5 heterocycles. The Kier molecular flexibility index (Phi) is 15.1. The lowest BCUT2D eigenvalue weighted by Crippen LogP contribution is -2.71. The first-order valence-electron chi connectivity index (χ1n) is 17.1. The summed E-state index contributed by atoms with van der Waals surface area (Å²) in [6.07, 6.45) is -1.47. The van der Waals surface area contributed by atoms with E-state index >= 15 is 0 Å². The highest BCUT2D eigenvalue weighted by atomic mass is 35.5. The van der Waals surface area contributed by atoms with E-state index in [1.54, 1.807) is 6.07 Å². The zero-order valence-corrected chi connectivity index (χ0v) is 35.8. The van der Waals surface area contributed by atoms with Gasteiger partial charge in [0.05, 0.1) is 29.6 Å². The molecule has 7 rings (SSSR count). The van der Waals surface area contributed by atoms with Crippen LogP contribution in [0.1, 0.15) is 28.4 Å². The number of aliphatic carboxylic acids is 1. The number of thiazole rings is 1. The molecule has 18 nitrogen and oxygen atoms in total. The number of carboxylic acids is 1. The van der Waals surface area contributed by atoms with Gasteiger partial charge >= 0.3 is 5.97 Å². The van der Waals surface area contributed by atoms with Crippen LogP contribution in [0.4, 0.5) is 18.3 Å². The molecule has 0 radical (unpaired) electrons. The van der Waals surface area contributed by atoms with Crippen molar-refractivity contribution in [3.63, 3.8) is 0 Å². The number of nitrogens with zero attached hydrogens (tertiary/aromatic N) is 5. The number of carbonyl (C=O) groups excluding carboxylic acids is 3. The Morgan fingerprint density at radius 1 is 1.15 bits per heavy atom. The van der Waals surface area contributed by atoms with Crippen LogP contribution in [0.3, 0.4) is 0 Å². The number of methoxy groups -OCH3 is 1. The number of aromatic nitrogens is 3. The number of hydrogen-bond acceptors (Lipinski definition) is 16. The Morgan fingerprint density at radius 3 is 2.44 bits per heavy atom. The van der Waals surface area contributed by atoms with E-state index in [0.717, 1.165) is 40.1 Å². The predicted octanol–water partition coefficient (Wildman–Crippen LogP) is 4.67. The minimum absolute atomic E-state index is 0. The van der Waals surface area contributed by atoms with Crippen LogP contribution >= 0.6 is 47.3 Å². The van der Waals surface area contributed by atoms with Gasteiger partial charge in [-0.1, -0.05) is 16.9 Å². The number of rotatable bonds is 13. The van der Waals surface area contributed by atoms with E-state index in [1.807, 2.05) is 0 Å². The fourth-order valence-electron chi connectivity index (χ4n) is 5.83. The standard InChI is InChI=1S/C19H17N5O7S3.C17H14F3N3O3S.ClH/c1-30-23-11(9-7-34-19(20)21-9)14(25)22-12-15(26)24-13(17(27)28)8(5-32-16(12)24)6-33-18(29)10-3-2-4-31-10;1-26-16-7-2-10(8-13(16)18)15-9-14(17(19)20)22-23(15)11-3-5-12(6-4-11)27(21,24)25;/h2-4,7,12,16H,5-6H2,1H3,(H2,20,21)(H,22,25)(H,27,28);2-9,17H,1H3,(H2,21,24,25);1H/b23-11-;;/t12-,16-;;/m1../s1. The maximum Gasteiger partial charge on any atom is 0.352 e. The molecule has 0 spiro atoms. The number of β-lactam (4-membered cyclic amide) rings is 1. The van der Waals surface area contributed by atoms with Crippen molar-refractivity contribution >= 4 is 91.0 Å². The van der Waals surface area contributed by atoms with Crippen LogP contribution < -0.4 is 20.9 Å². The number of nitrogens with two attached hydrogens (primary N) is 2. The first-order valence-corrected chi connectivity index (χ1v) is 21.6. The summed E-state index contributed by atoms with van der Waals surface area (Å²) in [5, 5.41) is 25.7. The Labute approximate surface area is 367 Å². The van der Waals surface area contributed by atoms with Gasteiger partial charge in [0.25, 0.3) is 23.4 Å². The molecule has 0 unspecified atom stereocenters. The SMILES string of the molecule is CO/N=C(\C(=O)N[C@@H]1C(=O)N2C(C(=O)O)=C(CSC(=O)c3ccco3)CS[C@H]12)c1csc(N)n1.COc1ccc(-c2cc(C(F)F)nn2-c2ccc(S(N)(=O)=O)cc2)cc1F.Cl. The summed E-state index contributed by atoms with van der Waals surface area (Å²) < 4.78 is 74.1. The number of amides is 2. The van der Waals surface area contributed by atoms with Gasteiger partial charge in [0.2, 0.25) is 10.0 Å². The van der Waals surface area contributed by atoms with Crippen molar-refractivity contribution in [1.82, 2.24) is 25.0 Å². The second-order valence-electron chi connectivity index (χ2n) is 12.4. The van der Waals surface area contributed by atoms with E-state index in [4.69, 9.17) is 24.9 Å². The van der Waals surface area contributed by atoms with E-state index in [2.05, 4.69) is 20.6 Å². The number of alkyl halides is 2. The molecule has 2 amide bonds. The summed E-state index contributed by atoms with van der Waals surface area (Å²) in [6, 6.07) is 12.5. The number of nitrogen functional groups attached to an aromatic ring is 1. The monoisotopic (exact) mass is 956 g/mol. The highest BCUT2D eigenvalue weighted by Crippen LogP contribution is 2.41. The second-order valence-corrected chi connectivity index (χ2v) is 16.9. The largest absolute Gasteiger partial charge is 0.494 e. The highest BCUT2D eigenvalue weighted by Gasteiger charge is 2.54. The van der Waals surface area contributed by atoms with E-state index in [9.17, 15) is 45.9 Å². The topological polar surface area (TPSA) is 265 Å². The van der Waals surface area contributed by atoms with Crippen molar-refractivity contribution in [3.8, 4) is 22.7 Å². The third-order valence-corrected chi connectivity index (χ3v) is 12.5. The summed E-state index contributed by atoms with van der Waals surface area (Å²) >= 11 is 3.29. The van der Waals surface area contributed by atoms with Crippen LogP contribution in [0.5, 0.6) is 5.75 Å². The molecule has 1 saturated heterocycles. The van der Waals surface area contributed by atoms with Crippen LogP contribution in [0.25, 0.3) is 16.9 Å². The molecule has 2 atom stereocenters. The molecule has 0 aliphatic carbocycles. The number of fused-ring (bicyclic) bond motifs is 1. The van der Waals surface area contributed by atoms with Crippen molar-refractivity contribution in [2.75, 3.05) is 31.5 Å². The highest BCUT2D eigenvalue weighted by molar-refractivity contribution is 8.14. The minimum Gasteiger partial charge on any atom is -0.494 e. The molecule has 328 valence electrons. The number of thioether (sulfide) groups is 2. The number of anilines is 1. The quantitative estimate of drug-likeness (QED) is 0.0710. The number of benzene rings is 2. The zero-order chi connectivity index (χ0) is 44.2. The molecule has 26 heteroatoms. The molecule has 5 aromatic rings. The number of nitrogens with one attached hydrogen (secondary N) is 1. The molecule has 3 aromatic heterocycles. The van der Waals surface area contributed by atoms with E-state index in [1.165, 1.54) is 84.8 Å². The number of furan rings is 1. The summed E-state index contributed by atoms with van der Waals surface area (Å²) in [4.78, 5) is 59.5. The summed E-state index contributed by atoms with van der Waals surface area (Å²) in [5.41, 5.74) is 6.19. The average Bonchev–Trinajstić information content (AvgIpc) is 4.03. The molecular weight excluding hydrogens is 925 g/mol. The van der Waals surface area contributed by atoms with Gasteiger partial charge in [-0.05, 0) is 66.2 Å². The maximum absolute atomic E-state index is 14.0. The number of carboxylic acid groups (broad SMARTS) is 1. The van der Waals surface area contributed by atoms with Gasteiger partial charge in [-0.15, -0.1) is 35.5 Å². The van der Waals surface area contributed by atoms with Crippen molar-refractivity contribution in [3.05, 3.63) is 107 Å². The van der Waals surface area contributed by atoms with Crippen LogP contribution in [0, 0.1) is 5.82 Å². The minimum atomic E-state index is -3.90. The molecule has 62 heavy (non-hydrogen) atoms. The maximum atomic E-state index is 14.0. The number of oxime groups is 1. The predicted molar refractivity (Wildman–Crippen MR) is 224 cm³/mol. The van der Waals surface area contributed by atoms with Gasteiger partial charge in [-0.25, -0.2) is 41.2 Å². The van der Waals surface area contributed by atoms with Gasteiger partial charge in [0.1, 0.15) is 35.6 Å². The number of sulfonamides is 1. The summed E-state index contributed by atoms with van der Waals surface area (Å²) in [7, 11) is -1.33. The van der Waals surface area contributed by atoms with E-state index in [0.29, 0.717) is 16.8 Å². The molecule has 0 saturated carbocycles. The van der Waals surface area contributed by atoms with Gasteiger partial charge in [0, 0.05) is 22.4 Å². The third-order valence-electron chi connectivity index (χ3n) is 8.61. The van der Waals surface area contributed by atoms with Crippen molar-refractivity contribution in [2.45, 2.75) is 22.7 Å². The Morgan fingerprint density at radius 2 is 1.87 bits per heavy atom. The number of carbonyl (C=O) groups is 4. The van der Waals surface area contributed by atoms with Crippen molar-refractivity contribution in [1.29, 1.82) is 0 Å². The van der Waals surface area contributed by atoms with Crippen LogP contribution in [0.15, 0.2) is 98.0 Å². The van der Waals surface area contributed by atoms with E-state index in [-0.39, 0.29) is 73.4 Å². The summed E-state index contributed by atoms with van der Waals surface area (Å²) in [6.45, 7) is 0. The lowest BCUT2D eigenvalue weighted by Gasteiger charge is -2.49. The van der Waals surface area contributed by atoms with Crippen molar-refractivity contribution < 1.29 is 59.9 Å². The number of halogens is 4. The zero-order valence-electron chi connectivity index (χ0n) is 31.8. The van der Waals surface area contributed by atoms with Gasteiger partial charge in [-0.2, -0.15) is 5.10 Å². The molecule has 2 aliphatic heterocycles. The molecular formula is C36H32ClF3N8O10S4. The van der Waals surface area contributed by atoms with E-state index < -0.39 is 57.2 Å². The normalized spacial score (nSPS) is 16.1. The van der Waals surface area contributed by atoms with Gasteiger partial charge < -0.3 is 30.1 Å². The fraction of sp³-hybridized carbons (Fsp3) is 0.194. The second kappa shape index (κ2) is 19.9. The first kappa shape index (κ1) is 47.2. The fourth-order valence-corrected chi connectivity index (χ4v) is 9.17. The van der Waals surface area contributed by atoms with Crippen LogP contribution in [-0.2, 0) is 29.2 Å². The Bertz CT molecular complexity index is 2660. The van der Waals surface area contributed by atoms with Gasteiger partial charge in [0.15, 0.2) is 28.2 Å². The number of primary sulfonamides is 1. The molecule has 2 aromatic carbocycles. The molecule has 6 N–H and O–H groups in total. The van der Waals surface area contributed by atoms with Crippen LogP contribution in [-0.4, -0.2) is 98.9 Å². The molecule has 0 bridgehead atoms. The number of hydrogen-bond donors (Lipinski definition) is 4. The van der Waals surface area contributed by atoms with Crippen molar-refractivity contribution in [2.24, 2.45) is 10.3 Å². The van der Waals surface area contributed by atoms with Gasteiger partial charge in [-0.3, -0.25) is 19.3 Å². The molecule has 2 aliphatic rings. The Balaban J connectivity index is 0.000000236. The lowest BCUT2D eigenvalue weighted by atomic mass is 10.0. The molecule has 1 fully saturated rings. The average molecular weight is 957 g/mol. The number of ether oxygens (including phenoxy) is 1. The summed E-state index contributed by atoms with van der Waals surface area (Å²) in [5.74, 6) is -2.73.